The largest absolute Gasteiger partial charge is 0.352 e. The molecule has 0 heterocycles. The molecule has 0 unspecified atom stereocenters. The minimum atomic E-state index is -0.281. The van der Waals surface area contributed by atoms with E-state index in [0.717, 1.165) is 24.8 Å². The van der Waals surface area contributed by atoms with Crippen LogP contribution in [0.2, 0.25) is 0 Å². The van der Waals surface area contributed by atoms with Crippen molar-refractivity contribution >= 4 is 5.91 Å². The van der Waals surface area contributed by atoms with Crippen LogP contribution in [0.5, 0.6) is 0 Å². The summed E-state index contributed by atoms with van der Waals surface area (Å²) in [6.45, 7) is 12.8. The van der Waals surface area contributed by atoms with Crippen molar-refractivity contribution < 1.29 is 4.79 Å². The van der Waals surface area contributed by atoms with E-state index in [2.05, 4.69) is 32.3 Å². The molecule has 1 N–H and O–H groups in total. The Kier molecular flexibility index (Phi) is 2.48. The Morgan fingerprint density at radius 3 is 2.81 bits per heavy atom. The van der Waals surface area contributed by atoms with E-state index in [4.69, 9.17) is 0 Å². The summed E-state index contributed by atoms with van der Waals surface area (Å²) in [4.78, 5) is 12.3. The quantitative estimate of drug-likeness (QED) is 0.726. The van der Waals surface area contributed by atoms with E-state index in [1.807, 2.05) is 0 Å². The lowest BCUT2D eigenvalue weighted by molar-refractivity contribution is -0.128. The molecular weight excluding hydrogens is 198 g/mol. The second kappa shape index (κ2) is 3.47. The maximum Gasteiger partial charge on any atom is 0.230 e. The number of amides is 1. The van der Waals surface area contributed by atoms with Gasteiger partial charge in [-0.3, -0.25) is 4.79 Å². The van der Waals surface area contributed by atoms with Crippen LogP contribution in [0.1, 0.15) is 33.1 Å². The number of carbonyl (C=O) groups is 1. The van der Waals surface area contributed by atoms with Crippen LogP contribution in [0, 0.1) is 16.7 Å². The van der Waals surface area contributed by atoms with E-state index in [0.29, 0.717) is 12.5 Å². The number of hydrogen-bond donors (Lipinski definition) is 1. The van der Waals surface area contributed by atoms with Gasteiger partial charge in [0, 0.05) is 6.54 Å². The van der Waals surface area contributed by atoms with Gasteiger partial charge < -0.3 is 5.32 Å². The molecule has 2 saturated carbocycles. The first-order chi connectivity index (χ1) is 7.45. The third-order valence-electron chi connectivity index (χ3n) is 4.73. The van der Waals surface area contributed by atoms with Gasteiger partial charge in [-0.15, -0.1) is 6.58 Å². The van der Waals surface area contributed by atoms with Crippen molar-refractivity contribution in [1.82, 2.24) is 5.32 Å². The zero-order chi connectivity index (χ0) is 12.0. The van der Waals surface area contributed by atoms with Crippen LogP contribution in [0.4, 0.5) is 0 Å². The zero-order valence-corrected chi connectivity index (χ0v) is 10.3. The minimum Gasteiger partial charge on any atom is -0.352 e. The fourth-order valence-corrected chi connectivity index (χ4v) is 3.48. The number of carbonyl (C=O) groups excluding carboxylic acids is 1. The van der Waals surface area contributed by atoms with Crippen molar-refractivity contribution in [2.45, 2.75) is 33.1 Å². The monoisotopic (exact) mass is 219 g/mol. The summed E-state index contributed by atoms with van der Waals surface area (Å²) in [6, 6.07) is 0. The predicted octanol–water partition coefficient (Wildman–Crippen LogP) is 2.67. The lowest BCUT2D eigenvalue weighted by atomic mass is 9.68. The van der Waals surface area contributed by atoms with Crippen molar-refractivity contribution in [3.8, 4) is 0 Å². The van der Waals surface area contributed by atoms with E-state index in [-0.39, 0.29) is 16.7 Å². The van der Waals surface area contributed by atoms with Gasteiger partial charge >= 0.3 is 0 Å². The summed E-state index contributed by atoms with van der Waals surface area (Å²) in [5, 5.41) is 2.94. The van der Waals surface area contributed by atoms with Crippen LogP contribution in [0.25, 0.3) is 0 Å². The van der Waals surface area contributed by atoms with E-state index in [1.165, 1.54) is 0 Å². The Hall–Kier alpha value is -1.05. The molecule has 0 aromatic heterocycles. The van der Waals surface area contributed by atoms with E-state index in [1.54, 1.807) is 6.08 Å². The fourth-order valence-electron chi connectivity index (χ4n) is 3.48. The molecule has 88 valence electrons. The first-order valence-corrected chi connectivity index (χ1v) is 6.04. The Morgan fingerprint density at radius 1 is 1.62 bits per heavy atom. The van der Waals surface area contributed by atoms with Crippen LogP contribution in [-0.4, -0.2) is 12.5 Å². The first kappa shape index (κ1) is 11.4. The third kappa shape index (κ3) is 1.28. The molecule has 2 aliphatic carbocycles. The highest BCUT2D eigenvalue weighted by Gasteiger charge is 2.60. The molecule has 0 spiro atoms. The smallest absolute Gasteiger partial charge is 0.230 e. The summed E-state index contributed by atoms with van der Waals surface area (Å²) < 4.78 is 0. The van der Waals surface area contributed by atoms with Gasteiger partial charge in [0.25, 0.3) is 0 Å². The standard InChI is InChI=1S/C14H21NO/c1-5-8-15-12(16)14-7-6-11(9-14)13(3,4)10(14)2/h5,11H,1-2,6-9H2,3-4H3,(H,15,16)/t11-,14+/m0/s1. The van der Waals surface area contributed by atoms with Gasteiger partial charge in [-0.1, -0.05) is 32.1 Å². The van der Waals surface area contributed by atoms with Gasteiger partial charge in [0.1, 0.15) is 0 Å². The molecule has 2 rings (SSSR count). The van der Waals surface area contributed by atoms with Crippen molar-refractivity contribution in [2.24, 2.45) is 16.7 Å². The molecule has 0 aromatic rings. The lowest BCUT2D eigenvalue weighted by Crippen LogP contribution is -2.41. The predicted molar refractivity (Wildman–Crippen MR) is 65.9 cm³/mol. The molecule has 16 heavy (non-hydrogen) atoms. The van der Waals surface area contributed by atoms with Gasteiger partial charge in [-0.05, 0) is 30.6 Å². The van der Waals surface area contributed by atoms with Crippen molar-refractivity contribution in [1.29, 1.82) is 0 Å². The summed E-state index contributed by atoms with van der Waals surface area (Å²) in [5.41, 5.74) is 0.985. The van der Waals surface area contributed by atoms with E-state index < -0.39 is 0 Å². The molecule has 2 nitrogen and oxygen atoms in total. The van der Waals surface area contributed by atoms with Crippen LogP contribution in [0.3, 0.4) is 0 Å². The lowest BCUT2D eigenvalue weighted by Gasteiger charge is -2.37. The summed E-state index contributed by atoms with van der Waals surface area (Å²) >= 11 is 0. The highest BCUT2D eigenvalue weighted by molar-refractivity contribution is 5.87. The van der Waals surface area contributed by atoms with Crippen LogP contribution in [-0.2, 0) is 4.79 Å². The van der Waals surface area contributed by atoms with Gasteiger partial charge in [-0.25, -0.2) is 0 Å². The molecule has 1 amide bonds. The van der Waals surface area contributed by atoms with E-state index in [9.17, 15) is 4.79 Å². The molecule has 0 aromatic carbocycles. The molecule has 2 heteroatoms. The zero-order valence-electron chi connectivity index (χ0n) is 10.3. The molecule has 2 aliphatic rings. The summed E-state index contributed by atoms with van der Waals surface area (Å²) in [5.74, 6) is 0.792. The summed E-state index contributed by atoms with van der Waals surface area (Å²) in [7, 11) is 0. The average molecular weight is 219 g/mol. The average Bonchev–Trinajstić information content (AvgIpc) is 2.76. The minimum absolute atomic E-state index is 0.129. The van der Waals surface area contributed by atoms with Crippen LogP contribution < -0.4 is 5.32 Å². The number of fused-ring (bicyclic) bond motifs is 2. The molecule has 0 saturated heterocycles. The number of nitrogens with one attached hydrogen (secondary N) is 1. The van der Waals surface area contributed by atoms with Crippen molar-refractivity contribution in [3.63, 3.8) is 0 Å². The molecular formula is C14H21NO. The number of hydrogen-bond acceptors (Lipinski definition) is 1. The normalized spacial score (nSPS) is 35.1. The van der Waals surface area contributed by atoms with Gasteiger partial charge in [0.05, 0.1) is 5.41 Å². The third-order valence-corrected chi connectivity index (χ3v) is 4.73. The van der Waals surface area contributed by atoms with Crippen molar-refractivity contribution in [2.75, 3.05) is 6.54 Å². The second-order valence-corrected chi connectivity index (χ2v) is 5.72. The Balaban J connectivity index is 2.23. The summed E-state index contributed by atoms with van der Waals surface area (Å²) in [6.07, 6.45) is 4.85. The topological polar surface area (TPSA) is 29.1 Å². The first-order valence-electron chi connectivity index (χ1n) is 6.04. The molecule has 2 atom stereocenters. The van der Waals surface area contributed by atoms with Crippen LogP contribution in [0.15, 0.2) is 24.8 Å². The fraction of sp³-hybridized carbons (Fsp3) is 0.643. The SMILES string of the molecule is C=CCNC(=O)[C@]12CC[C@@H](C1)C(C)(C)C2=C. The maximum atomic E-state index is 12.3. The Labute approximate surface area is 97.8 Å². The Bertz CT molecular complexity index is 356. The maximum absolute atomic E-state index is 12.3. The van der Waals surface area contributed by atoms with Gasteiger partial charge in [0.15, 0.2) is 0 Å². The molecule has 2 fully saturated rings. The van der Waals surface area contributed by atoms with Gasteiger partial charge in [-0.2, -0.15) is 0 Å². The van der Waals surface area contributed by atoms with Crippen molar-refractivity contribution in [3.05, 3.63) is 24.8 Å². The second-order valence-electron chi connectivity index (χ2n) is 5.72. The highest BCUT2D eigenvalue weighted by Crippen LogP contribution is 2.65. The highest BCUT2D eigenvalue weighted by atomic mass is 16.2. The molecule has 0 aliphatic heterocycles. The van der Waals surface area contributed by atoms with E-state index >= 15 is 0 Å². The Morgan fingerprint density at radius 2 is 2.31 bits per heavy atom. The van der Waals surface area contributed by atoms with Gasteiger partial charge in [0.2, 0.25) is 5.91 Å². The number of rotatable bonds is 3. The molecule has 2 bridgehead atoms. The van der Waals surface area contributed by atoms with Crippen LogP contribution >= 0.6 is 0 Å². The molecule has 0 radical (unpaired) electrons.